The van der Waals surface area contributed by atoms with Gasteiger partial charge in [-0.2, -0.15) is 0 Å². The normalized spacial score (nSPS) is 13.2. The van der Waals surface area contributed by atoms with Crippen molar-refractivity contribution in [3.05, 3.63) is 59.7 Å². The van der Waals surface area contributed by atoms with E-state index in [0.717, 1.165) is 11.1 Å². The number of fused-ring (bicyclic) bond motifs is 1. The number of amides is 1. The zero-order valence-electron chi connectivity index (χ0n) is 13.9. The maximum absolute atomic E-state index is 12.1. The van der Waals surface area contributed by atoms with E-state index < -0.39 is 12.1 Å². The van der Waals surface area contributed by atoms with E-state index in [-0.39, 0.29) is 19.1 Å². The smallest absolute Gasteiger partial charge is 0.311 e. The third-order valence-corrected chi connectivity index (χ3v) is 3.77. The molecule has 1 N–H and O–H groups in total. The maximum Gasteiger partial charge on any atom is 0.311 e. The fourth-order valence-corrected chi connectivity index (χ4v) is 2.44. The van der Waals surface area contributed by atoms with Gasteiger partial charge in [0, 0.05) is 6.54 Å². The summed E-state index contributed by atoms with van der Waals surface area (Å²) in [4.78, 5) is 24.0. The summed E-state index contributed by atoms with van der Waals surface area (Å²) < 4.78 is 15.7. The van der Waals surface area contributed by atoms with Gasteiger partial charge in [0.15, 0.2) is 17.6 Å². The van der Waals surface area contributed by atoms with Gasteiger partial charge in [-0.1, -0.05) is 36.4 Å². The van der Waals surface area contributed by atoms with Crippen molar-refractivity contribution in [2.45, 2.75) is 26.0 Å². The second kappa shape index (κ2) is 7.70. The molecule has 0 fully saturated rings. The van der Waals surface area contributed by atoms with Crippen LogP contribution in [0.5, 0.6) is 11.5 Å². The molecule has 1 amide bonds. The molecule has 0 radical (unpaired) electrons. The highest BCUT2D eigenvalue weighted by Crippen LogP contribution is 2.32. The third kappa shape index (κ3) is 4.50. The molecule has 2 aromatic carbocycles. The van der Waals surface area contributed by atoms with Crippen LogP contribution in [-0.4, -0.2) is 24.8 Å². The summed E-state index contributed by atoms with van der Waals surface area (Å²) >= 11 is 0. The first-order chi connectivity index (χ1) is 12.1. The summed E-state index contributed by atoms with van der Waals surface area (Å²) in [6, 6.07) is 14.7. The summed E-state index contributed by atoms with van der Waals surface area (Å²) in [6.07, 6.45) is -0.717. The van der Waals surface area contributed by atoms with Crippen LogP contribution < -0.4 is 14.8 Å². The molecule has 0 aliphatic carbocycles. The molecule has 0 unspecified atom stereocenters. The van der Waals surface area contributed by atoms with E-state index in [2.05, 4.69) is 5.32 Å². The zero-order valence-corrected chi connectivity index (χ0v) is 13.9. The molecule has 25 heavy (non-hydrogen) atoms. The lowest BCUT2D eigenvalue weighted by Crippen LogP contribution is -2.35. The average molecular weight is 341 g/mol. The summed E-state index contributed by atoms with van der Waals surface area (Å²) in [7, 11) is 0. The van der Waals surface area contributed by atoms with Crippen LogP contribution in [0.2, 0.25) is 0 Å². The molecule has 6 heteroatoms. The lowest BCUT2D eigenvalue weighted by molar-refractivity contribution is -0.154. The Bertz CT molecular complexity index is 760. The second-order valence-corrected chi connectivity index (χ2v) is 5.70. The molecule has 1 aliphatic heterocycles. The molecule has 2 aromatic rings. The van der Waals surface area contributed by atoms with E-state index in [4.69, 9.17) is 14.2 Å². The number of ether oxygens (including phenoxy) is 3. The Labute approximate surface area is 145 Å². The largest absolute Gasteiger partial charge is 0.454 e. The number of hydrogen-bond donors (Lipinski definition) is 1. The van der Waals surface area contributed by atoms with Crippen LogP contribution >= 0.6 is 0 Å². The van der Waals surface area contributed by atoms with Gasteiger partial charge in [-0.15, -0.1) is 0 Å². The lowest BCUT2D eigenvalue weighted by atomic mass is 10.1. The van der Waals surface area contributed by atoms with Gasteiger partial charge in [0.25, 0.3) is 5.91 Å². The molecule has 1 aliphatic rings. The van der Waals surface area contributed by atoms with Gasteiger partial charge in [-0.05, 0) is 30.2 Å². The first kappa shape index (κ1) is 16.8. The van der Waals surface area contributed by atoms with Gasteiger partial charge in [0.1, 0.15) is 0 Å². The molecular formula is C19H19NO5. The monoisotopic (exact) mass is 341 g/mol. The summed E-state index contributed by atoms with van der Waals surface area (Å²) in [6.45, 7) is 2.08. The Balaban J connectivity index is 1.46. The van der Waals surface area contributed by atoms with E-state index >= 15 is 0 Å². The second-order valence-electron chi connectivity index (χ2n) is 5.70. The van der Waals surface area contributed by atoms with Crippen LogP contribution in [0.1, 0.15) is 18.1 Å². The topological polar surface area (TPSA) is 73.9 Å². The van der Waals surface area contributed by atoms with Crippen molar-refractivity contribution in [2.75, 3.05) is 6.79 Å². The van der Waals surface area contributed by atoms with Crippen molar-refractivity contribution in [2.24, 2.45) is 0 Å². The highest BCUT2D eigenvalue weighted by Gasteiger charge is 2.18. The Morgan fingerprint density at radius 3 is 2.64 bits per heavy atom. The van der Waals surface area contributed by atoms with Crippen molar-refractivity contribution in [1.82, 2.24) is 5.32 Å². The molecule has 3 rings (SSSR count). The van der Waals surface area contributed by atoms with E-state index in [1.165, 1.54) is 0 Å². The SMILES string of the molecule is C[C@H](OC(=O)Cc1ccccc1)C(=O)NCc1ccc2c(c1)OCO2. The lowest BCUT2D eigenvalue weighted by Gasteiger charge is -2.14. The predicted molar refractivity (Wildman–Crippen MR) is 90.1 cm³/mol. The minimum Gasteiger partial charge on any atom is -0.454 e. The highest BCUT2D eigenvalue weighted by molar-refractivity contribution is 5.83. The van der Waals surface area contributed by atoms with Gasteiger partial charge >= 0.3 is 5.97 Å². The average Bonchev–Trinajstić information content (AvgIpc) is 3.08. The zero-order chi connectivity index (χ0) is 17.6. The van der Waals surface area contributed by atoms with E-state index in [9.17, 15) is 9.59 Å². The minimum absolute atomic E-state index is 0.140. The Morgan fingerprint density at radius 2 is 1.84 bits per heavy atom. The van der Waals surface area contributed by atoms with Crippen molar-refractivity contribution in [3.63, 3.8) is 0 Å². The predicted octanol–water partition coefficient (Wildman–Crippen LogP) is 2.21. The molecule has 1 atom stereocenters. The van der Waals surface area contributed by atoms with Crippen LogP contribution in [0.3, 0.4) is 0 Å². The minimum atomic E-state index is -0.856. The number of rotatable bonds is 6. The summed E-state index contributed by atoms with van der Waals surface area (Å²) in [5.74, 6) is 0.573. The van der Waals surface area contributed by atoms with Crippen molar-refractivity contribution in [3.8, 4) is 11.5 Å². The molecule has 0 aromatic heterocycles. The van der Waals surface area contributed by atoms with Crippen molar-refractivity contribution < 1.29 is 23.8 Å². The van der Waals surface area contributed by atoms with Gasteiger partial charge in [0.05, 0.1) is 6.42 Å². The fraction of sp³-hybridized carbons (Fsp3) is 0.263. The molecule has 0 saturated carbocycles. The molecule has 0 saturated heterocycles. The van der Waals surface area contributed by atoms with Gasteiger partial charge in [-0.25, -0.2) is 0 Å². The number of carbonyl (C=O) groups is 2. The molecule has 6 nitrogen and oxygen atoms in total. The van der Waals surface area contributed by atoms with E-state index in [1.54, 1.807) is 13.0 Å². The number of esters is 1. The van der Waals surface area contributed by atoms with Gasteiger partial charge in [-0.3, -0.25) is 9.59 Å². The van der Waals surface area contributed by atoms with Crippen LogP contribution in [0.4, 0.5) is 0 Å². The summed E-state index contributed by atoms with van der Waals surface area (Å²) in [5, 5.41) is 2.75. The number of carbonyl (C=O) groups excluding carboxylic acids is 2. The van der Waals surface area contributed by atoms with Crippen LogP contribution in [0, 0.1) is 0 Å². The first-order valence-corrected chi connectivity index (χ1v) is 8.01. The molecule has 130 valence electrons. The maximum atomic E-state index is 12.1. The Hall–Kier alpha value is -3.02. The van der Waals surface area contributed by atoms with E-state index in [1.807, 2.05) is 42.5 Å². The van der Waals surface area contributed by atoms with Crippen molar-refractivity contribution in [1.29, 1.82) is 0 Å². The van der Waals surface area contributed by atoms with Crippen LogP contribution in [0.15, 0.2) is 48.5 Å². The highest BCUT2D eigenvalue weighted by atomic mass is 16.7. The number of benzene rings is 2. The van der Waals surface area contributed by atoms with Gasteiger partial charge in [0.2, 0.25) is 6.79 Å². The Morgan fingerprint density at radius 1 is 1.08 bits per heavy atom. The fourth-order valence-electron chi connectivity index (χ4n) is 2.44. The molecular weight excluding hydrogens is 322 g/mol. The van der Waals surface area contributed by atoms with Gasteiger partial charge < -0.3 is 19.5 Å². The van der Waals surface area contributed by atoms with E-state index in [0.29, 0.717) is 18.0 Å². The Kier molecular flexibility index (Phi) is 5.18. The third-order valence-electron chi connectivity index (χ3n) is 3.77. The van der Waals surface area contributed by atoms with Crippen LogP contribution in [0.25, 0.3) is 0 Å². The summed E-state index contributed by atoms with van der Waals surface area (Å²) in [5.41, 5.74) is 1.72. The number of hydrogen-bond acceptors (Lipinski definition) is 5. The standard InChI is InChI=1S/C19H19NO5/c1-13(25-18(21)10-14-5-3-2-4-6-14)19(22)20-11-15-7-8-16-17(9-15)24-12-23-16/h2-9,13H,10-12H2,1H3,(H,20,22)/t13-/m0/s1. The quantitative estimate of drug-likeness (QED) is 0.816. The first-order valence-electron chi connectivity index (χ1n) is 8.01. The molecule has 1 heterocycles. The number of nitrogens with one attached hydrogen (secondary N) is 1. The van der Waals surface area contributed by atoms with Crippen LogP contribution in [-0.2, 0) is 27.3 Å². The molecule has 0 bridgehead atoms. The molecule has 0 spiro atoms. The van der Waals surface area contributed by atoms with Crippen molar-refractivity contribution >= 4 is 11.9 Å².